The third kappa shape index (κ3) is 3.05. The Balaban J connectivity index is 2.40. The zero-order valence-electron chi connectivity index (χ0n) is 12.3. The fraction of sp³-hybridized carbons (Fsp3) is 0.333. The second kappa shape index (κ2) is 6.03. The second-order valence-electron chi connectivity index (χ2n) is 5.17. The molecular weight excluding hydrogens is 230 g/mol. The molecule has 0 bridgehead atoms. The van der Waals surface area contributed by atoms with Gasteiger partial charge in [-0.05, 0) is 61.2 Å². The molecule has 0 aliphatic rings. The van der Waals surface area contributed by atoms with E-state index in [-0.39, 0.29) is 0 Å². The van der Waals surface area contributed by atoms with Gasteiger partial charge in [0.25, 0.3) is 0 Å². The Morgan fingerprint density at radius 3 is 2.32 bits per heavy atom. The van der Waals surface area contributed by atoms with Crippen LogP contribution in [-0.2, 0) is 0 Å². The molecule has 100 valence electrons. The molecule has 0 saturated heterocycles. The van der Waals surface area contributed by atoms with Crippen molar-refractivity contribution >= 4 is 0 Å². The van der Waals surface area contributed by atoms with Gasteiger partial charge in [-0.25, -0.2) is 0 Å². The number of hydrogen-bond donors (Lipinski definition) is 1. The molecule has 1 heteroatoms. The van der Waals surface area contributed by atoms with Crippen LogP contribution in [0.4, 0.5) is 0 Å². The number of nitrogens with one attached hydrogen (secondary N) is 1. The minimum atomic E-state index is 0.437. The molecule has 1 nitrogen and oxygen atoms in total. The topological polar surface area (TPSA) is 12.0 Å². The summed E-state index contributed by atoms with van der Waals surface area (Å²) in [7, 11) is 2.02. The maximum Gasteiger partial charge on any atom is 0.0315 e. The van der Waals surface area contributed by atoms with Crippen molar-refractivity contribution in [2.45, 2.75) is 33.2 Å². The molecule has 0 aliphatic heterocycles. The molecule has 2 aromatic rings. The van der Waals surface area contributed by atoms with E-state index in [1.807, 2.05) is 7.05 Å². The number of hydrogen-bond acceptors (Lipinski definition) is 1. The molecule has 0 radical (unpaired) electrons. The average molecular weight is 253 g/mol. The Morgan fingerprint density at radius 1 is 0.947 bits per heavy atom. The average Bonchev–Trinajstić information content (AvgIpc) is 2.44. The van der Waals surface area contributed by atoms with Crippen molar-refractivity contribution in [2.24, 2.45) is 0 Å². The monoisotopic (exact) mass is 253 g/mol. The van der Waals surface area contributed by atoms with Crippen LogP contribution in [0.5, 0.6) is 0 Å². The first kappa shape index (κ1) is 13.8. The summed E-state index contributed by atoms with van der Waals surface area (Å²) in [6, 6.07) is 16.0. The zero-order chi connectivity index (χ0) is 13.8. The number of benzene rings is 2. The largest absolute Gasteiger partial charge is 0.313 e. The molecule has 2 rings (SSSR count). The lowest BCUT2D eigenvalue weighted by molar-refractivity contribution is 0.577. The van der Waals surface area contributed by atoms with Crippen LogP contribution < -0.4 is 5.32 Å². The molecule has 1 N–H and O–H groups in total. The molecule has 0 spiro atoms. The predicted octanol–water partition coefficient (Wildman–Crippen LogP) is 4.64. The molecule has 2 aromatic carbocycles. The first-order chi connectivity index (χ1) is 9.15. The van der Waals surface area contributed by atoms with E-state index >= 15 is 0 Å². The van der Waals surface area contributed by atoms with E-state index in [1.54, 1.807) is 0 Å². The Kier molecular flexibility index (Phi) is 4.39. The van der Waals surface area contributed by atoms with Crippen molar-refractivity contribution in [1.29, 1.82) is 0 Å². The Morgan fingerprint density at radius 2 is 1.68 bits per heavy atom. The Hall–Kier alpha value is -1.60. The van der Waals surface area contributed by atoms with Crippen molar-refractivity contribution in [2.75, 3.05) is 7.05 Å². The third-order valence-corrected chi connectivity index (χ3v) is 3.89. The van der Waals surface area contributed by atoms with Crippen LogP contribution in [0.3, 0.4) is 0 Å². The molecule has 0 aromatic heterocycles. The molecular formula is C18H23N. The lowest BCUT2D eigenvalue weighted by Gasteiger charge is -2.15. The summed E-state index contributed by atoms with van der Waals surface area (Å²) in [5, 5.41) is 3.37. The predicted molar refractivity (Wildman–Crippen MR) is 83.4 cm³/mol. The minimum Gasteiger partial charge on any atom is -0.313 e. The van der Waals surface area contributed by atoms with Crippen molar-refractivity contribution in [3.63, 3.8) is 0 Å². The summed E-state index contributed by atoms with van der Waals surface area (Å²) in [5.74, 6) is 0. The van der Waals surface area contributed by atoms with Crippen LogP contribution in [0.1, 0.15) is 36.1 Å². The summed E-state index contributed by atoms with van der Waals surface area (Å²) in [6.07, 6.45) is 1.10. The van der Waals surface area contributed by atoms with E-state index in [0.29, 0.717) is 6.04 Å². The fourth-order valence-corrected chi connectivity index (χ4v) is 2.46. The van der Waals surface area contributed by atoms with Gasteiger partial charge in [0.15, 0.2) is 0 Å². The van der Waals surface area contributed by atoms with E-state index < -0.39 is 0 Å². The van der Waals surface area contributed by atoms with Crippen molar-refractivity contribution in [1.82, 2.24) is 5.32 Å². The van der Waals surface area contributed by atoms with Crippen LogP contribution in [0.2, 0.25) is 0 Å². The van der Waals surface area contributed by atoms with Crippen LogP contribution in [0.15, 0.2) is 42.5 Å². The highest BCUT2D eigenvalue weighted by Crippen LogP contribution is 2.26. The lowest BCUT2D eigenvalue weighted by atomic mass is 9.96. The van der Waals surface area contributed by atoms with E-state index in [0.717, 1.165) is 6.42 Å². The van der Waals surface area contributed by atoms with Gasteiger partial charge in [0, 0.05) is 6.04 Å². The van der Waals surface area contributed by atoms with Gasteiger partial charge in [-0.3, -0.25) is 0 Å². The molecule has 1 unspecified atom stereocenters. The summed E-state index contributed by atoms with van der Waals surface area (Å²) >= 11 is 0. The van der Waals surface area contributed by atoms with Gasteiger partial charge in [0.1, 0.15) is 0 Å². The highest BCUT2D eigenvalue weighted by molar-refractivity contribution is 5.65. The normalized spacial score (nSPS) is 12.4. The first-order valence-corrected chi connectivity index (χ1v) is 7.00. The quantitative estimate of drug-likeness (QED) is 0.837. The molecule has 0 fully saturated rings. The fourth-order valence-electron chi connectivity index (χ4n) is 2.46. The number of aryl methyl sites for hydroxylation is 2. The summed E-state index contributed by atoms with van der Waals surface area (Å²) in [6.45, 7) is 6.54. The van der Waals surface area contributed by atoms with Gasteiger partial charge >= 0.3 is 0 Å². The van der Waals surface area contributed by atoms with Gasteiger partial charge < -0.3 is 5.32 Å². The molecule has 1 atom stereocenters. The van der Waals surface area contributed by atoms with Crippen LogP contribution in [-0.4, -0.2) is 7.05 Å². The van der Waals surface area contributed by atoms with Gasteiger partial charge in [0.05, 0.1) is 0 Å². The SMILES string of the molecule is CCC(NC)c1cccc(-c2ccc(C)c(C)c2)c1. The molecule has 19 heavy (non-hydrogen) atoms. The Bertz CT molecular complexity index is 553. The van der Waals surface area contributed by atoms with Crippen molar-refractivity contribution in [3.05, 3.63) is 59.2 Å². The molecule has 0 saturated carbocycles. The van der Waals surface area contributed by atoms with Crippen LogP contribution in [0.25, 0.3) is 11.1 Å². The van der Waals surface area contributed by atoms with Gasteiger partial charge in [-0.15, -0.1) is 0 Å². The smallest absolute Gasteiger partial charge is 0.0315 e. The third-order valence-electron chi connectivity index (χ3n) is 3.89. The van der Waals surface area contributed by atoms with Crippen LogP contribution >= 0.6 is 0 Å². The van der Waals surface area contributed by atoms with Crippen LogP contribution in [0, 0.1) is 13.8 Å². The summed E-state index contributed by atoms with van der Waals surface area (Å²) in [5.41, 5.74) is 6.66. The summed E-state index contributed by atoms with van der Waals surface area (Å²) in [4.78, 5) is 0. The molecule has 0 heterocycles. The highest BCUT2D eigenvalue weighted by atomic mass is 14.9. The Labute approximate surface area is 116 Å². The summed E-state index contributed by atoms with van der Waals surface area (Å²) < 4.78 is 0. The van der Waals surface area contributed by atoms with E-state index in [9.17, 15) is 0 Å². The first-order valence-electron chi connectivity index (χ1n) is 7.00. The van der Waals surface area contributed by atoms with E-state index in [1.165, 1.54) is 27.8 Å². The van der Waals surface area contributed by atoms with E-state index in [4.69, 9.17) is 0 Å². The minimum absolute atomic E-state index is 0.437. The zero-order valence-corrected chi connectivity index (χ0v) is 12.3. The van der Waals surface area contributed by atoms with Gasteiger partial charge in [0.2, 0.25) is 0 Å². The van der Waals surface area contributed by atoms with Gasteiger partial charge in [-0.1, -0.05) is 43.3 Å². The highest BCUT2D eigenvalue weighted by Gasteiger charge is 2.07. The lowest BCUT2D eigenvalue weighted by Crippen LogP contribution is -2.15. The van der Waals surface area contributed by atoms with Gasteiger partial charge in [-0.2, -0.15) is 0 Å². The molecule has 0 aliphatic carbocycles. The van der Waals surface area contributed by atoms with Crippen molar-refractivity contribution in [3.8, 4) is 11.1 Å². The molecule has 0 amide bonds. The second-order valence-corrected chi connectivity index (χ2v) is 5.17. The number of rotatable bonds is 4. The van der Waals surface area contributed by atoms with E-state index in [2.05, 4.69) is 68.6 Å². The maximum atomic E-state index is 3.37. The van der Waals surface area contributed by atoms with Crippen molar-refractivity contribution < 1.29 is 0 Å². The standard InChI is InChI=1S/C18H23N/c1-5-18(19-4)17-8-6-7-15(12-17)16-10-9-13(2)14(3)11-16/h6-12,18-19H,5H2,1-4H3. The maximum absolute atomic E-state index is 3.37.